The molecule has 6 heteroatoms. The van der Waals surface area contributed by atoms with Gasteiger partial charge in [0, 0.05) is 37.4 Å². The Hall–Kier alpha value is -1.23. The third-order valence-corrected chi connectivity index (χ3v) is 8.60. The lowest BCUT2D eigenvalue weighted by atomic mass is 9.81. The molecule has 7 atom stereocenters. The summed E-state index contributed by atoms with van der Waals surface area (Å²) < 4.78 is 39.3. The van der Waals surface area contributed by atoms with Crippen molar-refractivity contribution >= 4 is 0 Å². The molecule has 0 aromatic heterocycles. The van der Waals surface area contributed by atoms with Crippen LogP contribution in [-0.4, -0.2) is 49.7 Å². The zero-order valence-corrected chi connectivity index (χ0v) is 23.1. The van der Waals surface area contributed by atoms with Gasteiger partial charge in [-0.25, -0.2) is 4.39 Å². The van der Waals surface area contributed by atoms with Crippen LogP contribution in [0.25, 0.3) is 0 Å². The molecule has 2 aliphatic carbocycles. The van der Waals surface area contributed by atoms with Crippen molar-refractivity contribution in [2.45, 2.75) is 116 Å². The second-order valence-electron chi connectivity index (χ2n) is 11.9. The van der Waals surface area contributed by atoms with Gasteiger partial charge in [0.15, 0.2) is 12.6 Å². The fourth-order valence-electron chi connectivity index (χ4n) is 6.42. The largest absolute Gasteiger partial charge is 0.389 e. The molecule has 5 nitrogen and oxygen atoms in total. The lowest BCUT2D eigenvalue weighted by Crippen LogP contribution is -2.36. The number of allylic oxidation sites excluding steroid dienone is 1. The van der Waals surface area contributed by atoms with Crippen molar-refractivity contribution in [1.29, 1.82) is 0 Å². The van der Waals surface area contributed by atoms with Gasteiger partial charge in [0.25, 0.3) is 0 Å². The lowest BCUT2D eigenvalue weighted by Gasteiger charge is -2.35. The van der Waals surface area contributed by atoms with Crippen LogP contribution in [0.5, 0.6) is 0 Å². The zero-order chi connectivity index (χ0) is 26.3. The molecule has 2 saturated carbocycles. The Bertz CT molecular complexity index is 843. The Morgan fingerprint density at radius 3 is 2.49 bits per heavy atom. The highest BCUT2D eigenvalue weighted by molar-refractivity contribution is 5.21. The van der Waals surface area contributed by atoms with E-state index in [0.717, 1.165) is 76.6 Å². The molecule has 2 saturated heterocycles. The number of rotatable bonds is 9. The first kappa shape index (κ1) is 28.8. The molecule has 37 heavy (non-hydrogen) atoms. The molecule has 2 unspecified atom stereocenters. The number of aliphatic hydroxyl groups excluding tert-OH is 1. The van der Waals surface area contributed by atoms with Gasteiger partial charge in [-0.3, -0.25) is 0 Å². The first-order valence-corrected chi connectivity index (χ1v) is 14.6. The monoisotopic (exact) mass is 518 g/mol. The number of hydrogen-bond donors (Lipinski definition) is 1. The second-order valence-corrected chi connectivity index (χ2v) is 11.9. The van der Waals surface area contributed by atoms with Crippen LogP contribution in [0.3, 0.4) is 0 Å². The summed E-state index contributed by atoms with van der Waals surface area (Å²) in [4.78, 5) is 0. The predicted molar refractivity (Wildman–Crippen MR) is 142 cm³/mol. The third kappa shape index (κ3) is 7.67. The summed E-state index contributed by atoms with van der Waals surface area (Å²) in [5.41, 5.74) is 0.589. The van der Waals surface area contributed by atoms with Crippen molar-refractivity contribution in [3.05, 3.63) is 23.6 Å². The number of ether oxygens (including phenoxy) is 4. The minimum absolute atomic E-state index is 0.0441. The van der Waals surface area contributed by atoms with Crippen LogP contribution in [0.4, 0.5) is 4.39 Å². The Balaban J connectivity index is 1.55. The standard InChI is InChI=1S/C31H47FO5/c1-4-5-8-15-31(2,3)28(37-30-12-7-10-17-35-30)14-13-24-25-19-23(26(32)21-33)18-22(25)20-27(24)36-29-11-6-9-16-34-29/h13-14,22,24-25,27-30,33H,4,6-7,9-12,15-21H2,1-3H3/b14-13+,26-23?/t22-,24+,25-,27+,28+,29?,30?/m0/s1. The molecule has 4 fully saturated rings. The number of halogens is 1. The van der Waals surface area contributed by atoms with Gasteiger partial charge in [-0.1, -0.05) is 32.9 Å². The highest BCUT2D eigenvalue weighted by Crippen LogP contribution is 2.52. The summed E-state index contributed by atoms with van der Waals surface area (Å²) in [6, 6.07) is 0. The van der Waals surface area contributed by atoms with E-state index in [0.29, 0.717) is 24.7 Å². The number of hydrogen-bond acceptors (Lipinski definition) is 5. The van der Waals surface area contributed by atoms with Gasteiger partial charge < -0.3 is 24.1 Å². The average Bonchev–Trinajstić information content (AvgIpc) is 3.45. The molecule has 1 N–H and O–H groups in total. The summed E-state index contributed by atoms with van der Waals surface area (Å²) in [5.74, 6) is 6.99. The van der Waals surface area contributed by atoms with Crippen LogP contribution in [0.15, 0.2) is 23.6 Å². The van der Waals surface area contributed by atoms with Crippen molar-refractivity contribution in [2.75, 3.05) is 19.8 Å². The van der Waals surface area contributed by atoms with Crippen molar-refractivity contribution in [3.63, 3.8) is 0 Å². The SMILES string of the molecule is CCC#CCC(C)(C)[C@@H](/C=C/[C@@H]1[C@H]2CC(=C(F)CO)C[C@H]2C[C@H]1OC1CCCCO1)OC1CCCCO1. The van der Waals surface area contributed by atoms with Crippen LogP contribution < -0.4 is 0 Å². The highest BCUT2D eigenvalue weighted by Gasteiger charge is 2.48. The summed E-state index contributed by atoms with van der Waals surface area (Å²) in [6.07, 6.45) is 14.2. The molecular formula is C31H47FO5. The van der Waals surface area contributed by atoms with Gasteiger partial charge in [-0.05, 0) is 75.2 Å². The Labute approximate surface area is 223 Å². The molecule has 2 aliphatic heterocycles. The maximum absolute atomic E-state index is 14.3. The molecule has 208 valence electrons. The quantitative estimate of drug-likeness (QED) is 0.280. The Morgan fingerprint density at radius 1 is 1.11 bits per heavy atom. The molecular weight excluding hydrogens is 471 g/mol. The fourth-order valence-corrected chi connectivity index (χ4v) is 6.42. The van der Waals surface area contributed by atoms with E-state index < -0.39 is 6.61 Å². The van der Waals surface area contributed by atoms with E-state index in [2.05, 4.69) is 44.8 Å². The molecule has 0 amide bonds. The molecule has 0 bridgehead atoms. The smallest absolute Gasteiger partial charge is 0.158 e. The second kappa shape index (κ2) is 13.7. The van der Waals surface area contributed by atoms with Crippen LogP contribution in [0, 0.1) is 35.0 Å². The van der Waals surface area contributed by atoms with E-state index in [1.807, 2.05) is 0 Å². The summed E-state index contributed by atoms with van der Waals surface area (Å²) in [6.45, 7) is 7.48. The summed E-state index contributed by atoms with van der Waals surface area (Å²) >= 11 is 0. The highest BCUT2D eigenvalue weighted by atomic mass is 19.1. The predicted octanol–water partition coefficient (Wildman–Crippen LogP) is 6.46. The molecule has 0 radical (unpaired) electrons. The van der Waals surface area contributed by atoms with Gasteiger partial charge >= 0.3 is 0 Å². The molecule has 0 aromatic carbocycles. The van der Waals surface area contributed by atoms with Gasteiger partial charge in [-0.2, -0.15) is 0 Å². The van der Waals surface area contributed by atoms with Crippen LogP contribution in [-0.2, 0) is 18.9 Å². The van der Waals surface area contributed by atoms with E-state index in [-0.39, 0.29) is 41.9 Å². The van der Waals surface area contributed by atoms with E-state index in [4.69, 9.17) is 18.9 Å². The summed E-state index contributed by atoms with van der Waals surface area (Å²) in [5, 5.41) is 9.38. The first-order valence-electron chi connectivity index (χ1n) is 14.6. The fraction of sp³-hybridized carbons (Fsp3) is 0.806. The van der Waals surface area contributed by atoms with E-state index in [9.17, 15) is 9.50 Å². The van der Waals surface area contributed by atoms with Gasteiger partial charge in [0.2, 0.25) is 0 Å². The van der Waals surface area contributed by atoms with Gasteiger partial charge in [0.05, 0.1) is 18.8 Å². The van der Waals surface area contributed by atoms with Crippen molar-refractivity contribution in [3.8, 4) is 11.8 Å². The molecule has 0 aromatic rings. The summed E-state index contributed by atoms with van der Waals surface area (Å²) in [7, 11) is 0. The van der Waals surface area contributed by atoms with Crippen LogP contribution in [0.2, 0.25) is 0 Å². The first-order chi connectivity index (χ1) is 17.9. The maximum atomic E-state index is 14.3. The van der Waals surface area contributed by atoms with Crippen LogP contribution >= 0.6 is 0 Å². The van der Waals surface area contributed by atoms with E-state index in [1.165, 1.54) is 0 Å². The van der Waals surface area contributed by atoms with Gasteiger partial charge in [0.1, 0.15) is 5.83 Å². The average molecular weight is 519 g/mol. The third-order valence-electron chi connectivity index (χ3n) is 8.60. The van der Waals surface area contributed by atoms with Crippen molar-refractivity contribution in [1.82, 2.24) is 0 Å². The molecule has 4 aliphatic rings. The number of aliphatic hydroxyl groups is 1. The number of fused-ring (bicyclic) bond motifs is 1. The van der Waals surface area contributed by atoms with Gasteiger partial charge in [-0.15, -0.1) is 11.8 Å². The topological polar surface area (TPSA) is 57.2 Å². The van der Waals surface area contributed by atoms with E-state index in [1.54, 1.807) is 0 Å². The molecule has 4 rings (SSSR count). The minimum atomic E-state index is -0.505. The lowest BCUT2D eigenvalue weighted by molar-refractivity contribution is -0.197. The van der Waals surface area contributed by atoms with Crippen molar-refractivity contribution in [2.24, 2.45) is 23.2 Å². The Kier molecular flexibility index (Phi) is 10.7. The molecule has 0 spiro atoms. The minimum Gasteiger partial charge on any atom is -0.389 e. The maximum Gasteiger partial charge on any atom is 0.158 e. The molecule has 2 heterocycles. The zero-order valence-electron chi connectivity index (χ0n) is 23.1. The van der Waals surface area contributed by atoms with Crippen LogP contribution in [0.1, 0.15) is 91.4 Å². The van der Waals surface area contributed by atoms with Crippen molar-refractivity contribution < 1.29 is 28.4 Å². The Morgan fingerprint density at radius 2 is 1.84 bits per heavy atom. The van der Waals surface area contributed by atoms with E-state index >= 15 is 0 Å². The normalized spacial score (nSPS) is 34.7.